The van der Waals surface area contributed by atoms with Gasteiger partial charge in [0.15, 0.2) is 0 Å². The zero-order valence-corrected chi connectivity index (χ0v) is 28.4. The van der Waals surface area contributed by atoms with Gasteiger partial charge in [-0.3, -0.25) is 0 Å². The Hall–Kier alpha value is -3.38. The predicted molar refractivity (Wildman–Crippen MR) is 192 cm³/mol. The summed E-state index contributed by atoms with van der Waals surface area (Å²) in [5.41, 5.74) is 3.24. The molecule has 6 rings (SSSR count). The lowest BCUT2D eigenvalue weighted by Crippen LogP contribution is -2.29. The fourth-order valence-electron chi connectivity index (χ4n) is 5.01. The molecule has 0 radical (unpaired) electrons. The van der Waals surface area contributed by atoms with E-state index in [1.807, 2.05) is 170 Å². The molecule has 0 aliphatic carbocycles. The Balaban J connectivity index is 1.49. The summed E-state index contributed by atoms with van der Waals surface area (Å²) in [6.07, 6.45) is 0. The summed E-state index contributed by atoms with van der Waals surface area (Å²) >= 11 is 15.4. The molecule has 0 saturated heterocycles. The van der Waals surface area contributed by atoms with Crippen LogP contribution in [0.15, 0.2) is 180 Å². The van der Waals surface area contributed by atoms with Crippen molar-refractivity contribution in [3.63, 3.8) is 0 Å². The lowest BCUT2D eigenvalue weighted by Gasteiger charge is -2.31. The van der Waals surface area contributed by atoms with Gasteiger partial charge in [0, 0.05) is 46.7 Å². The zero-order chi connectivity index (χ0) is 31.8. The number of thioether (sulfide) groups is 2. The van der Waals surface area contributed by atoms with Gasteiger partial charge in [-0.2, -0.15) is 0 Å². The molecular formula is C38H28Cl2O3PS2+. The van der Waals surface area contributed by atoms with Crippen LogP contribution in [0.2, 0.25) is 10.0 Å². The average molecular weight is 699 g/mol. The van der Waals surface area contributed by atoms with E-state index < -0.39 is 18.1 Å². The molecule has 0 aliphatic heterocycles. The second-order valence-corrected chi connectivity index (χ2v) is 14.4. The Morgan fingerprint density at radius 3 is 0.935 bits per heavy atom. The topological polar surface area (TPSA) is 35.5 Å². The van der Waals surface area contributed by atoms with Crippen LogP contribution in [0.4, 0.5) is 0 Å². The van der Waals surface area contributed by atoms with E-state index in [2.05, 4.69) is 0 Å². The van der Waals surface area contributed by atoms with Crippen molar-refractivity contribution in [2.45, 2.75) is 19.7 Å². The molecular weight excluding hydrogens is 670 g/mol. The number of hydrogen-bond donors (Lipinski definition) is 0. The van der Waals surface area contributed by atoms with Crippen molar-refractivity contribution in [3.05, 3.63) is 202 Å². The van der Waals surface area contributed by atoms with Gasteiger partial charge in [-0.1, -0.05) is 177 Å². The van der Waals surface area contributed by atoms with Gasteiger partial charge in [-0.15, -0.1) is 0 Å². The second kappa shape index (κ2) is 15.0. The van der Waals surface area contributed by atoms with Crippen LogP contribution in [0, 0.1) is 0 Å². The molecule has 0 amide bonds. The molecule has 6 aromatic rings. The van der Waals surface area contributed by atoms with E-state index in [-0.39, 0.29) is 0 Å². The van der Waals surface area contributed by atoms with Crippen LogP contribution >= 0.6 is 55.0 Å². The van der Waals surface area contributed by atoms with Crippen LogP contribution < -0.4 is 0 Å². The van der Waals surface area contributed by atoms with Gasteiger partial charge in [0.2, 0.25) is 9.87 Å². The summed E-state index contributed by atoms with van der Waals surface area (Å²) in [7, 11) is -2.80. The molecule has 6 aromatic carbocycles. The maximum atomic E-state index is 14.7. The van der Waals surface area contributed by atoms with Gasteiger partial charge in [-0.25, -0.2) is 0 Å². The molecule has 0 unspecified atom stereocenters. The first kappa shape index (κ1) is 32.6. The van der Waals surface area contributed by atoms with Crippen molar-refractivity contribution >= 4 is 55.0 Å². The van der Waals surface area contributed by atoms with Crippen molar-refractivity contribution < 1.29 is 13.6 Å². The van der Waals surface area contributed by atoms with Gasteiger partial charge in [0.1, 0.15) is 0 Å². The third-order valence-electron chi connectivity index (χ3n) is 7.17. The molecule has 0 bridgehead atoms. The Morgan fingerprint density at radius 1 is 0.413 bits per heavy atom. The van der Waals surface area contributed by atoms with Crippen molar-refractivity contribution in [1.29, 1.82) is 0 Å². The number of halogens is 2. The van der Waals surface area contributed by atoms with Crippen LogP contribution in [-0.2, 0) is 23.5 Å². The summed E-state index contributed by atoms with van der Waals surface area (Å²) in [6.45, 7) is 0. The lowest BCUT2D eigenvalue weighted by molar-refractivity contribution is 0.130. The van der Waals surface area contributed by atoms with E-state index in [0.717, 1.165) is 32.0 Å². The molecule has 3 nitrogen and oxygen atoms in total. The van der Waals surface area contributed by atoms with E-state index >= 15 is 0 Å². The van der Waals surface area contributed by atoms with Gasteiger partial charge in [0.05, 0.1) is 0 Å². The quantitative estimate of drug-likeness (QED) is 0.0722. The van der Waals surface area contributed by atoms with Crippen LogP contribution in [0.5, 0.6) is 0 Å². The van der Waals surface area contributed by atoms with Crippen molar-refractivity contribution in [2.24, 2.45) is 0 Å². The summed E-state index contributed by atoms with van der Waals surface area (Å²) in [4.78, 5) is -0.719. The third kappa shape index (κ3) is 7.43. The summed E-state index contributed by atoms with van der Waals surface area (Å²) in [5, 5.41) is 1.25. The maximum Gasteiger partial charge on any atom is 0.701 e. The first-order valence-electron chi connectivity index (χ1n) is 14.4. The minimum absolute atomic E-state index is 0.624. The summed E-state index contributed by atoms with van der Waals surface area (Å²) in [6, 6.07) is 54.2. The van der Waals surface area contributed by atoms with Crippen molar-refractivity contribution in [3.8, 4) is 0 Å². The molecule has 0 fully saturated rings. The SMILES string of the molecule is O=[P+](OC(Sc1ccc(Cl)cc1)(c1ccccc1)c1ccccc1)OC(Sc1ccc(Cl)cc1)(c1ccccc1)c1ccccc1. The Bertz CT molecular complexity index is 1640. The molecule has 0 aromatic heterocycles. The normalized spacial score (nSPS) is 11.7. The van der Waals surface area contributed by atoms with E-state index in [0.29, 0.717) is 10.0 Å². The van der Waals surface area contributed by atoms with Crippen molar-refractivity contribution in [1.82, 2.24) is 0 Å². The number of hydrogen-bond acceptors (Lipinski definition) is 5. The minimum Gasteiger partial charge on any atom is -0.0910 e. The van der Waals surface area contributed by atoms with Crippen molar-refractivity contribution in [2.75, 3.05) is 0 Å². The highest BCUT2D eigenvalue weighted by Crippen LogP contribution is 2.58. The molecule has 0 heterocycles. The van der Waals surface area contributed by atoms with E-state index in [1.54, 1.807) is 0 Å². The molecule has 0 atom stereocenters. The smallest absolute Gasteiger partial charge is 0.0910 e. The average Bonchev–Trinajstić information content (AvgIpc) is 3.11. The van der Waals surface area contributed by atoms with Gasteiger partial charge in [-0.05, 0) is 48.5 Å². The first-order valence-corrected chi connectivity index (χ1v) is 17.9. The molecule has 228 valence electrons. The predicted octanol–water partition coefficient (Wildman–Crippen LogP) is 12.4. The third-order valence-corrected chi connectivity index (χ3v) is 11.5. The molecule has 0 spiro atoms. The monoisotopic (exact) mass is 697 g/mol. The highest BCUT2D eigenvalue weighted by molar-refractivity contribution is 8.00. The first-order chi connectivity index (χ1) is 22.5. The fraction of sp³-hybridized carbons (Fsp3) is 0.0526. The molecule has 0 N–H and O–H groups in total. The molecule has 0 saturated carbocycles. The van der Waals surface area contributed by atoms with E-state index in [1.165, 1.54) is 23.5 Å². The summed E-state index contributed by atoms with van der Waals surface area (Å²) < 4.78 is 28.3. The Labute approximate surface area is 288 Å². The highest BCUT2D eigenvalue weighted by atomic mass is 35.5. The Morgan fingerprint density at radius 2 is 0.674 bits per heavy atom. The molecule has 8 heteroatoms. The molecule has 0 aliphatic rings. The maximum absolute atomic E-state index is 14.7. The van der Waals surface area contributed by atoms with Gasteiger partial charge in [0.25, 0.3) is 0 Å². The fourth-order valence-corrected chi connectivity index (χ4v) is 9.03. The largest absolute Gasteiger partial charge is 0.701 e. The molecule has 46 heavy (non-hydrogen) atoms. The van der Waals surface area contributed by atoms with E-state index in [4.69, 9.17) is 32.2 Å². The lowest BCUT2D eigenvalue weighted by atomic mass is 10.0. The van der Waals surface area contributed by atoms with Crippen LogP contribution in [0.3, 0.4) is 0 Å². The second-order valence-electron chi connectivity index (χ2n) is 10.2. The van der Waals surface area contributed by atoms with Crippen LogP contribution in [-0.4, -0.2) is 0 Å². The number of benzene rings is 6. The number of rotatable bonds is 12. The van der Waals surface area contributed by atoms with Gasteiger partial charge >= 0.3 is 8.25 Å². The highest BCUT2D eigenvalue weighted by Gasteiger charge is 2.52. The standard InChI is InChI=1S/C38H28Cl2O3PS2/c39-33-21-25-35(26-22-33)45-37(29-13-5-1-6-14-29,30-15-7-2-8-16-30)42-44(41)43-38(31-17-9-3-10-18-31,32-19-11-4-12-20-32)46-36-27-23-34(40)24-28-36/h1-28H/q+1. The van der Waals surface area contributed by atoms with E-state index in [9.17, 15) is 4.57 Å². The van der Waals surface area contributed by atoms with Crippen LogP contribution in [0.25, 0.3) is 0 Å². The van der Waals surface area contributed by atoms with Crippen LogP contribution in [0.1, 0.15) is 22.3 Å². The summed E-state index contributed by atoms with van der Waals surface area (Å²) in [5.74, 6) is 0. The minimum atomic E-state index is -2.80. The zero-order valence-electron chi connectivity index (χ0n) is 24.4. The van der Waals surface area contributed by atoms with Gasteiger partial charge < -0.3 is 0 Å². The Kier molecular flexibility index (Phi) is 10.6.